The van der Waals surface area contributed by atoms with Crippen molar-refractivity contribution in [1.29, 1.82) is 0 Å². The molecule has 2 heterocycles. The third-order valence-corrected chi connectivity index (χ3v) is 5.15. The van der Waals surface area contributed by atoms with Crippen molar-refractivity contribution in [1.82, 2.24) is 15.0 Å². The minimum absolute atomic E-state index is 0.0923. The van der Waals surface area contributed by atoms with Crippen LogP contribution in [0, 0.1) is 6.92 Å². The van der Waals surface area contributed by atoms with E-state index < -0.39 is 5.97 Å². The number of anilines is 1. The lowest BCUT2D eigenvalue weighted by atomic mass is 10.1. The highest BCUT2D eigenvalue weighted by atomic mass is 35.5. The number of rotatable bonds is 5. The van der Waals surface area contributed by atoms with Crippen molar-refractivity contribution >= 4 is 46.1 Å². The van der Waals surface area contributed by atoms with Crippen LogP contribution in [0.1, 0.15) is 28.5 Å². The van der Waals surface area contributed by atoms with E-state index in [2.05, 4.69) is 15.0 Å². The number of hydrogen-bond donors (Lipinski definition) is 1. The van der Waals surface area contributed by atoms with Crippen LogP contribution >= 0.6 is 23.4 Å². The van der Waals surface area contributed by atoms with E-state index in [1.165, 1.54) is 18.0 Å². The minimum Gasteiger partial charge on any atom is -0.462 e. The number of carbonyl (C=O) groups excluding carboxylic acids is 1. The van der Waals surface area contributed by atoms with Gasteiger partial charge in [-0.1, -0.05) is 41.6 Å². The van der Waals surface area contributed by atoms with Crippen molar-refractivity contribution in [2.45, 2.75) is 24.8 Å². The number of thioether (sulfide) groups is 1. The number of aromatic nitrogens is 3. The number of esters is 1. The molecule has 0 saturated carbocycles. The van der Waals surface area contributed by atoms with Gasteiger partial charge in [0.15, 0.2) is 5.16 Å². The number of halogens is 1. The Kier molecular flexibility index (Phi) is 5.58. The van der Waals surface area contributed by atoms with Gasteiger partial charge < -0.3 is 10.5 Å². The topological polar surface area (TPSA) is 91.0 Å². The van der Waals surface area contributed by atoms with Gasteiger partial charge in [-0.2, -0.15) is 0 Å². The lowest BCUT2D eigenvalue weighted by Gasteiger charge is -2.10. The average Bonchev–Trinajstić information content (AvgIpc) is 2.63. The first kappa shape index (κ1) is 18.4. The SMILES string of the molecule is CCOC(=O)c1cnc(SCc2nc3ccccc3c(C)c2Cl)nc1N. The molecule has 0 amide bonds. The second-order valence-electron chi connectivity index (χ2n) is 5.48. The zero-order valence-electron chi connectivity index (χ0n) is 14.3. The Bertz CT molecular complexity index is 981. The molecule has 0 unspecified atom stereocenters. The summed E-state index contributed by atoms with van der Waals surface area (Å²) in [5.41, 5.74) is 8.64. The largest absolute Gasteiger partial charge is 0.462 e. The van der Waals surface area contributed by atoms with E-state index in [-0.39, 0.29) is 18.0 Å². The van der Waals surface area contributed by atoms with Crippen LogP contribution in [0.2, 0.25) is 5.02 Å². The van der Waals surface area contributed by atoms with Gasteiger partial charge in [0.25, 0.3) is 0 Å². The van der Waals surface area contributed by atoms with Crippen molar-refractivity contribution in [3.63, 3.8) is 0 Å². The molecular formula is C18H17ClN4O2S. The first-order chi connectivity index (χ1) is 12.5. The molecule has 1 aromatic carbocycles. The van der Waals surface area contributed by atoms with Crippen molar-refractivity contribution in [3.05, 3.63) is 52.3 Å². The zero-order valence-corrected chi connectivity index (χ0v) is 15.9. The minimum atomic E-state index is -0.531. The Hall–Kier alpha value is -2.38. The molecule has 26 heavy (non-hydrogen) atoms. The third-order valence-electron chi connectivity index (χ3n) is 3.78. The molecule has 0 saturated heterocycles. The molecule has 0 spiro atoms. The van der Waals surface area contributed by atoms with Crippen LogP contribution in [0.3, 0.4) is 0 Å². The number of fused-ring (bicyclic) bond motifs is 1. The van der Waals surface area contributed by atoms with E-state index in [9.17, 15) is 4.79 Å². The number of para-hydroxylation sites is 1. The Morgan fingerprint density at radius 2 is 2.08 bits per heavy atom. The number of nitrogens with zero attached hydrogens (tertiary/aromatic N) is 3. The summed E-state index contributed by atoms with van der Waals surface area (Å²) in [7, 11) is 0. The highest BCUT2D eigenvalue weighted by Crippen LogP contribution is 2.30. The lowest BCUT2D eigenvalue weighted by molar-refractivity contribution is 0.0526. The Balaban J connectivity index is 1.81. The van der Waals surface area contributed by atoms with E-state index >= 15 is 0 Å². The summed E-state index contributed by atoms with van der Waals surface area (Å²) in [6.45, 7) is 3.96. The highest BCUT2D eigenvalue weighted by Gasteiger charge is 2.15. The van der Waals surface area contributed by atoms with Crippen molar-refractivity contribution in [3.8, 4) is 0 Å². The average molecular weight is 389 g/mol. The monoisotopic (exact) mass is 388 g/mol. The number of pyridine rings is 1. The summed E-state index contributed by atoms with van der Waals surface area (Å²) in [6, 6.07) is 7.86. The molecule has 0 fully saturated rings. The van der Waals surface area contributed by atoms with Crippen LogP contribution in [-0.2, 0) is 10.5 Å². The molecule has 0 aliphatic rings. The lowest BCUT2D eigenvalue weighted by Crippen LogP contribution is -2.10. The molecule has 3 rings (SSSR count). The summed E-state index contributed by atoms with van der Waals surface area (Å²) < 4.78 is 4.91. The fraction of sp³-hybridized carbons (Fsp3) is 0.222. The van der Waals surface area contributed by atoms with E-state index in [0.29, 0.717) is 15.9 Å². The van der Waals surface area contributed by atoms with Gasteiger partial charge >= 0.3 is 5.97 Å². The summed E-state index contributed by atoms with van der Waals surface area (Å²) >= 11 is 7.82. The molecular weight excluding hydrogens is 372 g/mol. The molecule has 0 aliphatic carbocycles. The molecule has 0 bridgehead atoms. The predicted molar refractivity (Wildman–Crippen MR) is 103 cm³/mol. The summed E-state index contributed by atoms with van der Waals surface area (Å²) in [5.74, 6) is 0.0500. The van der Waals surface area contributed by atoms with Gasteiger partial charge in [0, 0.05) is 17.3 Å². The summed E-state index contributed by atoms with van der Waals surface area (Å²) in [6.07, 6.45) is 1.38. The van der Waals surface area contributed by atoms with E-state index in [4.69, 9.17) is 22.1 Å². The number of benzene rings is 1. The molecule has 6 nitrogen and oxygen atoms in total. The molecule has 2 N–H and O–H groups in total. The Morgan fingerprint density at radius 3 is 2.81 bits per heavy atom. The number of nitrogens with two attached hydrogens (primary N) is 1. The van der Waals surface area contributed by atoms with Gasteiger partial charge in [-0.3, -0.25) is 4.98 Å². The van der Waals surface area contributed by atoms with Crippen LogP contribution in [-0.4, -0.2) is 27.5 Å². The van der Waals surface area contributed by atoms with Crippen molar-refractivity contribution < 1.29 is 9.53 Å². The van der Waals surface area contributed by atoms with E-state index in [1.807, 2.05) is 31.2 Å². The summed E-state index contributed by atoms with van der Waals surface area (Å²) in [5, 5.41) is 2.11. The van der Waals surface area contributed by atoms with Crippen molar-refractivity contribution in [2.24, 2.45) is 0 Å². The van der Waals surface area contributed by atoms with Crippen molar-refractivity contribution in [2.75, 3.05) is 12.3 Å². The zero-order chi connectivity index (χ0) is 18.7. The Labute approximate surface area is 160 Å². The number of ether oxygens (including phenoxy) is 1. The fourth-order valence-electron chi connectivity index (χ4n) is 2.46. The van der Waals surface area contributed by atoms with Crippen LogP contribution in [0.4, 0.5) is 5.82 Å². The summed E-state index contributed by atoms with van der Waals surface area (Å²) in [4.78, 5) is 24.7. The van der Waals surface area contributed by atoms with E-state index in [0.717, 1.165) is 22.2 Å². The molecule has 0 radical (unpaired) electrons. The van der Waals surface area contributed by atoms with Gasteiger partial charge in [-0.15, -0.1) is 0 Å². The quantitative estimate of drug-likeness (QED) is 0.400. The van der Waals surface area contributed by atoms with Crippen LogP contribution in [0.15, 0.2) is 35.6 Å². The van der Waals surface area contributed by atoms with Gasteiger partial charge in [0.05, 0.1) is 22.8 Å². The molecule has 0 atom stereocenters. The van der Waals surface area contributed by atoms with Gasteiger partial charge in [0.1, 0.15) is 11.4 Å². The number of aryl methyl sites for hydroxylation is 1. The smallest absolute Gasteiger partial charge is 0.343 e. The number of nitrogen functional groups attached to an aromatic ring is 1. The third kappa shape index (κ3) is 3.73. The molecule has 8 heteroatoms. The van der Waals surface area contributed by atoms with Gasteiger partial charge in [-0.25, -0.2) is 14.8 Å². The molecule has 3 aromatic rings. The normalized spacial score (nSPS) is 10.9. The number of hydrogen-bond acceptors (Lipinski definition) is 7. The first-order valence-electron chi connectivity index (χ1n) is 7.97. The standard InChI is InChI=1S/C18H17ClN4O2S/c1-3-25-17(24)12-8-21-18(23-16(12)20)26-9-14-15(19)10(2)11-6-4-5-7-13(11)22-14/h4-8H,3,9H2,1-2H3,(H2,20,21,23). The van der Waals surface area contributed by atoms with Gasteiger partial charge in [-0.05, 0) is 25.5 Å². The van der Waals surface area contributed by atoms with E-state index in [1.54, 1.807) is 6.92 Å². The number of carbonyl (C=O) groups is 1. The molecule has 2 aromatic heterocycles. The van der Waals surface area contributed by atoms with Gasteiger partial charge in [0.2, 0.25) is 0 Å². The predicted octanol–water partition coefficient (Wildman–Crippen LogP) is 4.04. The molecule has 134 valence electrons. The van der Waals surface area contributed by atoms with Crippen LogP contribution in [0.25, 0.3) is 10.9 Å². The molecule has 0 aliphatic heterocycles. The first-order valence-corrected chi connectivity index (χ1v) is 9.33. The second kappa shape index (κ2) is 7.88. The maximum Gasteiger partial charge on any atom is 0.343 e. The maximum absolute atomic E-state index is 11.7. The fourth-order valence-corrected chi connectivity index (χ4v) is 3.51. The highest BCUT2D eigenvalue weighted by molar-refractivity contribution is 7.98. The van der Waals surface area contributed by atoms with Crippen LogP contribution in [0.5, 0.6) is 0 Å². The Morgan fingerprint density at radius 1 is 1.31 bits per heavy atom. The maximum atomic E-state index is 11.7. The van der Waals surface area contributed by atoms with Crippen LogP contribution < -0.4 is 5.73 Å². The second-order valence-corrected chi connectivity index (χ2v) is 6.80.